The Balaban J connectivity index is 1.34. The molecule has 1 aromatic carbocycles. The molecule has 1 aromatic heterocycles. The van der Waals surface area contributed by atoms with Crippen molar-refractivity contribution in [2.75, 3.05) is 13.7 Å². The van der Waals surface area contributed by atoms with Crippen LogP contribution in [0.1, 0.15) is 32.1 Å². The molecule has 2 aromatic rings. The lowest BCUT2D eigenvalue weighted by molar-refractivity contribution is -0.142. The zero-order valence-corrected chi connectivity index (χ0v) is 21.3. The summed E-state index contributed by atoms with van der Waals surface area (Å²) in [6, 6.07) is 4.56. The highest BCUT2D eigenvalue weighted by molar-refractivity contribution is 7.91. The predicted molar refractivity (Wildman–Crippen MR) is 133 cm³/mol. The lowest BCUT2D eigenvalue weighted by atomic mass is 10.1. The molecule has 5 rings (SSSR count). The van der Waals surface area contributed by atoms with Gasteiger partial charge in [0.25, 0.3) is 5.91 Å². The van der Waals surface area contributed by atoms with Crippen molar-refractivity contribution in [2.45, 2.75) is 48.9 Å². The summed E-state index contributed by atoms with van der Waals surface area (Å²) in [6.07, 6.45) is 5.62. The van der Waals surface area contributed by atoms with E-state index in [9.17, 15) is 18.0 Å². The standard InChI is InChI=1S/C24H27ClN4O6S/c1-3-14-12-24(14,23(31)28-36(32,33)16-7-8-16)27-21(30)19-5-4-10-29(19)35-22-18-11-15(25)6-9-17(18)20(34-2)13-26-22/h3,6,9,11,13-14,16,19H,1,4-5,7-8,10,12H2,2H3,(H,27,30)(H,28,31)/t14-,19+,24-/m1/s1. The van der Waals surface area contributed by atoms with Crippen molar-refractivity contribution in [3.05, 3.63) is 42.1 Å². The highest BCUT2D eigenvalue weighted by Crippen LogP contribution is 2.45. The average Bonchev–Trinajstić information content (AvgIpc) is 3.76. The number of rotatable bonds is 9. The van der Waals surface area contributed by atoms with Gasteiger partial charge in [0.15, 0.2) is 0 Å². The van der Waals surface area contributed by atoms with Gasteiger partial charge in [-0.1, -0.05) is 17.7 Å². The van der Waals surface area contributed by atoms with Gasteiger partial charge in [-0.05, 0) is 50.3 Å². The highest BCUT2D eigenvalue weighted by atomic mass is 35.5. The molecule has 0 bridgehead atoms. The van der Waals surface area contributed by atoms with E-state index in [1.807, 2.05) is 0 Å². The molecule has 3 fully saturated rings. The molecule has 2 aliphatic carbocycles. The fourth-order valence-corrected chi connectivity index (χ4v) is 6.18. The number of pyridine rings is 1. The summed E-state index contributed by atoms with van der Waals surface area (Å²) >= 11 is 6.20. The molecule has 10 nitrogen and oxygen atoms in total. The lowest BCUT2D eigenvalue weighted by Crippen LogP contribution is -2.56. The number of carbonyl (C=O) groups excluding carboxylic acids is 2. The molecule has 1 saturated heterocycles. The van der Waals surface area contributed by atoms with Crippen LogP contribution in [0, 0.1) is 5.92 Å². The fraction of sp³-hybridized carbons (Fsp3) is 0.458. The Bertz CT molecular complexity index is 1350. The number of sulfonamides is 1. The van der Waals surface area contributed by atoms with Gasteiger partial charge in [0.05, 0.1) is 23.9 Å². The maximum absolute atomic E-state index is 13.3. The number of benzene rings is 1. The highest BCUT2D eigenvalue weighted by Gasteiger charge is 2.61. The number of amides is 2. The zero-order valence-electron chi connectivity index (χ0n) is 19.7. The number of hydrogen-bond donors (Lipinski definition) is 2. The summed E-state index contributed by atoms with van der Waals surface area (Å²) in [5, 5.41) is 5.67. The second kappa shape index (κ2) is 9.20. The number of hydrogen-bond acceptors (Lipinski definition) is 8. The van der Waals surface area contributed by atoms with Crippen LogP contribution >= 0.6 is 11.6 Å². The summed E-state index contributed by atoms with van der Waals surface area (Å²) in [4.78, 5) is 36.7. The topological polar surface area (TPSA) is 127 Å². The van der Waals surface area contributed by atoms with Gasteiger partial charge in [-0.25, -0.2) is 13.4 Å². The minimum atomic E-state index is -3.75. The number of halogens is 1. The SMILES string of the molecule is C=C[C@@H]1C[C@]1(NC(=O)[C@@H]1CCCN1Oc1ncc(OC)c2ccc(Cl)cc12)C(=O)NS(=O)(=O)C1CC1. The minimum Gasteiger partial charge on any atom is -0.494 e. The molecule has 2 saturated carbocycles. The number of hydroxylamine groups is 2. The van der Waals surface area contributed by atoms with E-state index < -0.39 is 38.7 Å². The van der Waals surface area contributed by atoms with Crippen LogP contribution in [-0.2, 0) is 19.6 Å². The lowest BCUT2D eigenvalue weighted by Gasteiger charge is -2.26. The third kappa shape index (κ3) is 4.51. The number of carbonyl (C=O) groups is 2. The largest absolute Gasteiger partial charge is 0.494 e. The molecule has 3 aliphatic rings. The van der Waals surface area contributed by atoms with Crippen LogP contribution in [0.2, 0.25) is 5.02 Å². The third-order valence-corrected chi connectivity index (χ3v) is 9.01. The predicted octanol–water partition coefficient (Wildman–Crippen LogP) is 2.32. The van der Waals surface area contributed by atoms with Crippen LogP contribution in [0.25, 0.3) is 10.8 Å². The van der Waals surface area contributed by atoms with Gasteiger partial charge in [0, 0.05) is 22.9 Å². The Hall–Kier alpha value is -2.89. The summed E-state index contributed by atoms with van der Waals surface area (Å²) in [6.45, 7) is 4.19. The zero-order chi connectivity index (χ0) is 25.7. The van der Waals surface area contributed by atoms with Gasteiger partial charge < -0.3 is 14.9 Å². The third-order valence-electron chi connectivity index (χ3n) is 6.96. The molecule has 3 atom stereocenters. The number of methoxy groups -OCH3 is 1. The van der Waals surface area contributed by atoms with E-state index >= 15 is 0 Å². The Morgan fingerprint density at radius 2 is 2.06 bits per heavy atom. The minimum absolute atomic E-state index is 0.270. The van der Waals surface area contributed by atoms with Crippen molar-refractivity contribution in [1.29, 1.82) is 0 Å². The Morgan fingerprint density at radius 3 is 2.72 bits per heavy atom. The molecule has 2 heterocycles. The molecular weight excluding hydrogens is 508 g/mol. The van der Waals surface area contributed by atoms with E-state index in [1.54, 1.807) is 31.4 Å². The first-order chi connectivity index (χ1) is 17.2. The van der Waals surface area contributed by atoms with Crippen molar-refractivity contribution >= 4 is 44.2 Å². The smallest absolute Gasteiger partial charge is 0.259 e. The molecule has 192 valence electrons. The van der Waals surface area contributed by atoms with E-state index in [-0.39, 0.29) is 18.2 Å². The molecule has 1 aliphatic heterocycles. The summed E-state index contributed by atoms with van der Waals surface area (Å²) in [5.41, 5.74) is -1.34. The number of nitrogens with zero attached hydrogens (tertiary/aromatic N) is 2. The van der Waals surface area contributed by atoms with E-state index in [0.717, 1.165) is 5.39 Å². The summed E-state index contributed by atoms with van der Waals surface area (Å²) in [7, 11) is -2.20. The van der Waals surface area contributed by atoms with Crippen molar-refractivity contribution in [3.63, 3.8) is 0 Å². The normalized spacial score (nSPS) is 25.8. The van der Waals surface area contributed by atoms with E-state index in [0.29, 0.717) is 48.4 Å². The van der Waals surface area contributed by atoms with Crippen LogP contribution in [0.4, 0.5) is 0 Å². The first kappa shape index (κ1) is 24.8. The van der Waals surface area contributed by atoms with Gasteiger partial charge in [0.1, 0.15) is 17.3 Å². The van der Waals surface area contributed by atoms with Crippen molar-refractivity contribution in [3.8, 4) is 11.6 Å². The Kier molecular flexibility index (Phi) is 6.34. The van der Waals surface area contributed by atoms with Gasteiger partial charge in [-0.15, -0.1) is 11.6 Å². The second-order valence-corrected chi connectivity index (χ2v) is 11.8. The average molecular weight is 535 g/mol. The maximum Gasteiger partial charge on any atom is 0.259 e. The van der Waals surface area contributed by atoms with Gasteiger partial charge in [-0.3, -0.25) is 14.3 Å². The van der Waals surface area contributed by atoms with Crippen LogP contribution < -0.4 is 19.6 Å². The van der Waals surface area contributed by atoms with Crippen LogP contribution in [0.5, 0.6) is 11.6 Å². The maximum atomic E-state index is 13.3. The fourth-order valence-electron chi connectivity index (χ4n) is 4.64. The van der Waals surface area contributed by atoms with Gasteiger partial charge in [-0.2, -0.15) is 0 Å². The molecule has 2 amide bonds. The number of fused-ring (bicyclic) bond motifs is 1. The van der Waals surface area contributed by atoms with E-state index in [1.165, 1.54) is 11.3 Å². The first-order valence-corrected chi connectivity index (χ1v) is 13.7. The number of ether oxygens (including phenoxy) is 1. The van der Waals surface area contributed by atoms with Gasteiger partial charge >= 0.3 is 0 Å². The van der Waals surface area contributed by atoms with Crippen molar-refractivity contribution in [1.82, 2.24) is 20.1 Å². The molecule has 0 radical (unpaired) electrons. The van der Waals surface area contributed by atoms with E-state index in [4.69, 9.17) is 21.2 Å². The van der Waals surface area contributed by atoms with E-state index in [2.05, 4.69) is 21.6 Å². The summed E-state index contributed by atoms with van der Waals surface area (Å²) in [5.74, 6) is -0.683. The molecule has 2 N–H and O–H groups in total. The number of aromatic nitrogens is 1. The Morgan fingerprint density at radius 1 is 1.28 bits per heavy atom. The molecule has 0 spiro atoms. The molecule has 0 unspecified atom stereocenters. The molecular formula is C24H27ClN4O6S. The van der Waals surface area contributed by atoms with Crippen LogP contribution in [0.15, 0.2) is 37.1 Å². The first-order valence-electron chi connectivity index (χ1n) is 11.8. The molecule has 12 heteroatoms. The number of nitrogens with one attached hydrogen (secondary N) is 2. The van der Waals surface area contributed by atoms with Gasteiger partial charge in [0.2, 0.25) is 21.8 Å². The summed E-state index contributed by atoms with van der Waals surface area (Å²) < 4.78 is 32.2. The quantitative estimate of drug-likeness (QED) is 0.469. The van der Waals surface area contributed by atoms with Crippen molar-refractivity contribution < 1.29 is 27.6 Å². The Labute approximate surface area is 214 Å². The van der Waals surface area contributed by atoms with Crippen molar-refractivity contribution in [2.24, 2.45) is 5.92 Å². The second-order valence-electron chi connectivity index (χ2n) is 9.39. The molecule has 36 heavy (non-hydrogen) atoms. The monoisotopic (exact) mass is 534 g/mol. The van der Waals surface area contributed by atoms with Crippen LogP contribution in [0.3, 0.4) is 0 Å². The van der Waals surface area contributed by atoms with Crippen LogP contribution in [-0.4, -0.2) is 60.8 Å².